The zero-order chi connectivity index (χ0) is 15.9. The molecule has 3 N–H and O–H groups in total. The Hall–Kier alpha value is -1.11. The molecule has 0 atom stereocenters. The normalized spacial score (nSPS) is 15.0. The molecule has 0 aliphatic carbocycles. The number of likely N-dealkylation sites (tertiary alicyclic amines) is 1. The fraction of sp³-hybridized carbons (Fsp3) is 0.500. The average Bonchev–Trinajstić information content (AvgIpc) is 2.55. The molecule has 0 aromatic heterocycles. The lowest BCUT2D eigenvalue weighted by atomic mass is 9.95. The van der Waals surface area contributed by atoms with Gasteiger partial charge in [0.1, 0.15) is 0 Å². The van der Waals surface area contributed by atoms with E-state index in [1.165, 1.54) is 0 Å². The van der Waals surface area contributed by atoms with Crippen LogP contribution in [0.3, 0.4) is 0 Å². The molecule has 1 heterocycles. The van der Waals surface area contributed by atoms with Crippen molar-refractivity contribution in [3.05, 3.63) is 28.7 Å². The maximum absolute atomic E-state index is 12.3. The highest BCUT2D eigenvalue weighted by Gasteiger charge is 2.27. The Kier molecular flexibility index (Phi) is 8.58. The molecular formula is C16H23BrClN3O2. The van der Waals surface area contributed by atoms with Gasteiger partial charge in [-0.3, -0.25) is 9.59 Å². The number of hydrogen-bond acceptors (Lipinski definition) is 3. The highest BCUT2D eigenvalue weighted by Crippen LogP contribution is 2.24. The molecule has 1 fully saturated rings. The average molecular weight is 405 g/mol. The fourth-order valence-corrected chi connectivity index (χ4v) is 2.98. The maximum atomic E-state index is 12.3. The van der Waals surface area contributed by atoms with Crippen LogP contribution in [0.2, 0.25) is 0 Å². The minimum absolute atomic E-state index is 0. The first-order chi connectivity index (χ1) is 10.6. The predicted octanol–water partition coefficient (Wildman–Crippen LogP) is 2.79. The molecule has 7 heteroatoms. The molecule has 1 aromatic carbocycles. The standard InChI is InChI=1S/C16H22BrN3O2.ClH/c17-13-4-1-2-5-14(13)19-16(22)12-7-10-20(11-8-12)15(21)6-3-9-18;/h1-2,4-5,12H,3,6-11,18H2,(H,19,22);1H. The van der Waals surface area contributed by atoms with E-state index >= 15 is 0 Å². The zero-order valence-corrected chi connectivity index (χ0v) is 15.4. The van der Waals surface area contributed by atoms with Crippen molar-refractivity contribution in [1.82, 2.24) is 4.90 Å². The summed E-state index contributed by atoms with van der Waals surface area (Å²) in [6.45, 7) is 1.84. The van der Waals surface area contributed by atoms with E-state index in [1.54, 1.807) is 0 Å². The van der Waals surface area contributed by atoms with Crippen LogP contribution in [0, 0.1) is 5.92 Å². The monoisotopic (exact) mass is 403 g/mol. The largest absolute Gasteiger partial charge is 0.343 e. The summed E-state index contributed by atoms with van der Waals surface area (Å²) < 4.78 is 0.873. The third kappa shape index (κ3) is 5.79. The van der Waals surface area contributed by atoms with E-state index in [0.29, 0.717) is 38.9 Å². The van der Waals surface area contributed by atoms with E-state index in [4.69, 9.17) is 5.73 Å². The lowest BCUT2D eigenvalue weighted by Gasteiger charge is -2.31. The molecule has 2 amide bonds. The van der Waals surface area contributed by atoms with Crippen LogP contribution in [0.1, 0.15) is 25.7 Å². The molecule has 0 saturated carbocycles. The molecule has 1 aliphatic rings. The van der Waals surface area contributed by atoms with Crippen LogP contribution in [-0.4, -0.2) is 36.3 Å². The molecule has 1 saturated heterocycles. The second kappa shape index (κ2) is 9.90. The Morgan fingerprint density at radius 2 is 1.91 bits per heavy atom. The number of carbonyl (C=O) groups excluding carboxylic acids is 2. The van der Waals surface area contributed by atoms with Crippen LogP contribution in [0.5, 0.6) is 0 Å². The lowest BCUT2D eigenvalue weighted by Crippen LogP contribution is -2.41. The van der Waals surface area contributed by atoms with Crippen LogP contribution in [0.15, 0.2) is 28.7 Å². The minimum Gasteiger partial charge on any atom is -0.343 e. The van der Waals surface area contributed by atoms with E-state index in [1.807, 2.05) is 29.2 Å². The summed E-state index contributed by atoms with van der Waals surface area (Å²) in [5.41, 5.74) is 6.21. The first-order valence-electron chi connectivity index (χ1n) is 7.65. The van der Waals surface area contributed by atoms with Gasteiger partial charge in [0.15, 0.2) is 0 Å². The van der Waals surface area contributed by atoms with Gasteiger partial charge in [0.25, 0.3) is 0 Å². The lowest BCUT2D eigenvalue weighted by molar-refractivity contribution is -0.134. The summed E-state index contributed by atoms with van der Waals surface area (Å²) in [7, 11) is 0. The summed E-state index contributed by atoms with van der Waals surface area (Å²) in [6, 6.07) is 7.56. The molecule has 5 nitrogen and oxygen atoms in total. The predicted molar refractivity (Wildman–Crippen MR) is 97.6 cm³/mol. The van der Waals surface area contributed by atoms with Crippen molar-refractivity contribution in [2.45, 2.75) is 25.7 Å². The number of piperidine rings is 1. The topological polar surface area (TPSA) is 75.4 Å². The third-order valence-electron chi connectivity index (χ3n) is 3.94. The van der Waals surface area contributed by atoms with Crippen LogP contribution in [-0.2, 0) is 9.59 Å². The molecule has 2 rings (SSSR count). The fourth-order valence-electron chi connectivity index (χ4n) is 2.60. The van der Waals surface area contributed by atoms with Crippen molar-refractivity contribution in [1.29, 1.82) is 0 Å². The van der Waals surface area contributed by atoms with E-state index in [2.05, 4.69) is 21.2 Å². The van der Waals surface area contributed by atoms with Crippen LogP contribution in [0.4, 0.5) is 5.69 Å². The SMILES string of the molecule is Cl.NCCCC(=O)N1CCC(C(=O)Nc2ccccc2Br)CC1. The van der Waals surface area contributed by atoms with Crippen molar-refractivity contribution >= 4 is 45.8 Å². The number of halogens is 2. The van der Waals surface area contributed by atoms with Crippen LogP contribution < -0.4 is 11.1 Å². The molecule has 128 valence electrons. The van der Waals surface area contributed by atoms with Gasteiger partial charge < -0.3 is 16.0 Å². The highest BCUT2D eigenvalue weighted by atomic mass is 79.9. The van der Waals surface area contributed by atoms with Gasteiger partial charge in [-0.25, -0.2) is 0 Å². The van der Waals surface area contributed by atoms with Gasteiger partial charge in [0, 0.05) is 29.9 Å². The second-order valence-electron chi connectivity index (χ2n) is 5.52. The van der Waals surface area contributed by atoms with Gasteiger partial charge in [-0.15, -0.1) is 12.4 Å². The van der Waals surface area contributed by atoms with Gasteiger partial charge in [0.05, 0.1) is 5.69 Å². The quantitative estimate of drug-likeness (QED) is 0.792. The first kappa shape index (κ1) is 19.9. The van der Waals surface area contributed by atoms with E-state index in [9.17, 15) is 9.59 Å². The molecule has 0 bridgehead atoms. The Morgan fingerprint density at radius 3 is 2.52 bits per heavy atom. The van der Waals surface area contributed by atoms with E-state index in [-0.39, 0.29) is 30.1 Å². The Morgan fingerprint density at radius 1 is 1.26 bits per heavy atom. The molecule has 0 radical (unpaired) electrons. The Labute approximate surface area is 151 Å². The number of amides is 2. The van der Waals surface area contributed by atoms with E-state index in [0.717, 1.165) is 16.6 Å². The summed E-state index contributed by atoms with van der Waals surface area (Å²) in [6.07, 6.45) is 2.65. The third-order valence-corrected chi connectivity index (χ3v) is 4.64. The maximum Gasteiger partial charge on any atom is 0.227 e. The van der Waals surface area contributed by atoms with Crippen LogP contribution >= 0.6 is 28.3 Å². The zero-order valence-electron chi connectivity index (χ0n) is 13.0. The molecule has 23 heavy (non-hydrogen) atoms. The van der Waals surface area contributed by atoms with Crippen LogP contribution in [0.25, 0.3) is 0 Å². The van der Waals surface area contributed by atoms with Crippen molar-refractivity contribution in [2.75, 3.05) is 25.0 Å². The van der Waals surface area contributed by atoms with Crippen molar-refractivity contribution in [2.24, 2.45) is 11.7 Å². The molecule has 1 aliphatic heterocycles. The first-order valence-corrected chi connectivity index (χ1v) is 8.44. The smallest absolute Gasteiger partial charge is 0.227 e. The van der Waals surface area contributed by atoms with Gasteiger partial charge in [-0.05, 0) is 53.9 Å². The number of anilines is 1. The number of nitrogens with one attached hydrogen (secondary N) is 1. The second-order valence-corrected chi connectivity index (χ2v) is 6.37. The Balaban J connectivity index is 0.00000264. The number of benzene rings is 1. The summed E-state index contributed by atoms with van der Waals surface area (Å²) >= 11 is 3.42. The Bertz CT molecular complexity index is 534. The number of nitrogens with two attached hydrogens (primary N) is 1. The molecule has 0 spiro atoms. The summed E-state index contributed by atoms with van der Waals surface area (Å²) in [5, 5.41) is 2.95. The van der Waals surface area contributed by atoms with Crippen molar-refractivity contribution in [3.8, 4) is 0 Å². The van der Waals surface area contributed by atoms with E-state index < -0.39 is 0 Å². The van der Waals surface area contributed by atoms with Gasteiger partial charge >= 0.3 is 0 Å². The van der Waals surface area contributed by atoms with Crippen molar-refractivity contribution < 1.29 is 9.59 Å². The molecule has 1 aromatic rings. The number of nitrogens with zero attached hydrogens (tertiary/aromatic N) is 1. The number of hydrogen-bond donors (Lipinski definition) is 2. The summed E-state index contributed by atoms with van der Waals surface area (Å²) in [4.78, 5) is 26.1. The molecule has 0 unspecified atom stereocenters. The van der Waals surface area contributed by atoms with Gasteiger partial charge in [-0.1, -0.05) is 12.1 Å². The number of para-hydroxylation sites is 1. The number of rotatable bonds is 5. The molecular weight excluding hydrogens is 382 g/mol. The summed E-state index contributed by atoms with van der Waals surface area (Å²) in [5.74, 6) is 0.140. The minimum atomic E-state index is -0.0364. The van der Waals surface area contributed by atoms with Gasteiger partial charge in [0.2, 0.25) is 11.8 Å². The number of carbonyl (C=O) groups is 2. The van der Waals surface area contributed by atoms with Crippen molar-refractivity contribution in [3.63, 3.8) is 0 Å². The highest BCUT2D eigenvalue weighted by molar-refractivity contribution is 9.10. The van der Waals surface area contributed by atoms with Gasteiger partial charge in [-0.2, -0.15) is 0 Å².